The predicted octanol–water partition coefficient (Wildman–Crippen LogP) is 2.60. The van der Waals surface area contributed by atoms with Crippen LogP contribution in [0.1, 0.15) is 25.8 Å². The van der Waals surface area contributed by atoms with E-state index in [1.54, 1.807) is 6.20 Å². The molecule has 0 atom stereocenters. The molecule has 3 rings (SSSR count). The number of hydrogen-bond acceptors (Lipinski definition) is 4. The minimum atomic E-state index is -0.687. The minimum Gasteiger partial charge on any atom is -0.471 e. The van der Waals surface area contributed by atoms with Crippen LogP contribution in [0.2, 0.25) is 0 Å². The van der Waals surface area contributed by atoms with Gasteiger partial charge < -0.3 is 14.2 Å². The van der Waals surface area contributed by atoms with Gasteiger partial charge in [-0.1, -0.05) is 0 Å². The van der Waals surface area contributed by atoms with Crippen LogP contribution in [0.3, 0.4) is 0 Å². The van der Waals surface area contributed by atoms with Crippen LogP contribution in [-0.2, 0) is 15.3 Å². The summed E-state index contributed by atoms with van der Waals surface area (Å²) in [7, 11) is 0. The zero-order valence-corrected chi connectivity index (χ0v) is 11.4. The Morgan fingerprint density at radius 1 is 1.29 bits per heavy atom. The molecule has 0 unspecified atom stereocenters. The summed E-state index contributed by atoms with van der Waals surface area (Å²) in [5.41, 5.74) is 0.543. The van der Waals surface area contributed by atoms with E-state index in [-0.39, 0.29) is 5.60 Å². The molecule has 1 aromatic heterocycles. The Kier molecular flexibility index (Phi) is 2.47. The SMILES string of the molecule is CC1(C)CC2(OCCO2)c2cc(Br)cnc2O1. The zero-order chi connectivity index (χ0) is 12.1. The number of pyridine rings is 1. The second-order valence-electron chi connectivity index (χ2n) is 4.99. The number of halogens is 1. The Hall–Kier alpha value is -0.650. The first kappa shape index (κ1) is 11.4. The first-order valence-corrected chi connectivity index (χ1v) is 6.43. The average molecular weight is 300 g/mol. The van der Waals surface area contributed by atoms with E-state index >= 15 is 0 Å². The number of aromatic nitrogens is 1. The summed E-state index contributed by atoms with van der Waals surface area (Å²) in [6, 6.07) is 1.96. The molecular formula is C12H14BrNO3. The quantitative estimate of drug-likeness (QED) is 0.738. The summed E-state index contributed by atoms with van der Waals surface area (Å²) in [5, 5.41) is 0. The number of nitrogens with zero attached hydrogens (tertiary/aromatic N) is 1. The van der Waals surface area contributed by atoms with Gasteiger partial charge in [0.2, 0.25) is 11.7 Å². The van der Waals surface area contributed by atoms with Gasteiger partial charge in [-0.25, -0.2) is 4.98 Å². The van der Waals surface area contributed by atoms with E-state index in [1.807, 2.05) is 19.9 Å². The largest absolute Gasteiger partial charge is 0.471 e. The van der Waals surface area contributed by atoms with Crippen LogP contribution in [-0.4, -0.2) is 23.8 Å². The molecule has 2 aliphatic heterocycles. The first-order chi connectivity index (χ1) is 8.01. The molecule has 92 valence electrons. The summed E-state index contributed by atoms with van der Waals surface area (Å²) in [6.45, 7) is 5.27. The third-order valence-corrected chi connectivity index (χ3v) is 3.45. The molecular weight excluding hydrogens is 286 g/mol. The van der Waals surface area contributed by atoms with Gasteiger partial charge in [-0.2, -0.15) is 0 Å². The molecule has 17 heavy (non-hydrogen) atoms. The lowest BCUT2D eigenvalue weighted by molar-refractivity contribution is -0.208. The summed E-state index contributed by atoms with van der Waals surface area (Å²) in [5.74, 6) is -0.0835. The fourth-order valence-electron chi connectivity index (χ4n) is 2.45. The van der Waals surface area contributed by atoms with E-state index in [0.29, 0.717) is 25.5 Å². The van der Waals surface area contributed by atoms with Gasteiger partial charge in [0.1, 0.15) is 5.60 Å². The van der Waals surface area contributed by atoms with Crippen molar-refractivity contribution in [2.45, 2.75) is 31.7 Å². The van der Waals surface area contributed by atoms with Gasteiger partial charge in [0.05, 0.1) is 18.8 Å². The van der Waals surface area contributed by atoms with Crippen LogP contribution in [0.15, 0.2) is 16.7 Å². The van der Waals surface area contributed by atoms with Gasteiger partial charge in [0.15, 0.2) is 0 Å². The monoisotopic (exact) mass is 299 g/mol. The standard InChI is InChI=1S/C12H14BrNO3/c1-11(2)7-12(15-3-4-16-12)9-5-8(13)6-14-10(9)17-11/h5-6H,3-4,7H2,1-2H3. The van der Waals surface area contributed by atoms with E-state index in [0.717, 1.165) is 10.0 Å². The van der Waals surface area contributed by atoms with Gasteiger partial charge in [0.25, 0.3) is 0 Å². The van der Waals surface area contributed by atoms with Crippen molar-refractivity contribution in [3.8, 4) is 5.88 Å². The van der Waals surface area contributed by atoms with Crippen molar-refractivity contribution in [2.24, 2.45) is 0 Å². The molecule has 0 saturated carbocycles. The van der Waals surface area contributed by atoms with Gasteiger partial charge in [-0.3, -0.25) is 0 Å². The number of ether oxygens (including phenoxy) is 3. The molecule has 0 radical (unpaired) electrons. The molecule has 0 bridgehead atoms. The van der Waals surface area contributed by atoms with Crippen LogP contribution in [0.4, 0.5) is 0 Å². The molecule has 5 heteroatoms. The molecule has 1 aromatic rings. The van der Waals surface area contributed by atoms with Crippen molar-refractivity contribution >= 4 is 15.9 Å². The summed E-state index contributed by atoms with van der Waals surface area (Å²) in [4.78, 5) is 4.30. The van der Waals surface area contributed by atoms with Crippen LogP contribution in [0.25, 0.3) is 0 Å². The van der Waals surface area contributed by atoms with Crippen molar-refractivity contribution in [1.82, 2.24) is 4.98 Å². The summed E-state index contributed by atoms with van der Waals surface area (Å²) < 4.78 is 18.4. The number of rotatable bonds is 0. The van der Waals surface area contributed by atoms with E-state index in [9.17, 15) is 0 Å². The van der Waals surface area contributed by atoms with Crippen molar-refractivity contribution in [1.29, 1.82) is 0 Å². The smallest absolute Gasteiger partial charge is 0.222 e. The molecule has 0 aromatic carbocycles. The highest BCUT2D eigenvalue weighted by atomic mass is 79.9. The second-order valence-corrected chi connectivity index (χ2v) is 5.91. The normalized spacial score (nSPS) is 24.4. The Bertz CT molecular complexity index is 455. The maximum Gasteiger partial charge on any atom is 0.222 e. The highest BCUT2D eigenvalue weighted by Gasteiger charge is 2.50. The summed E-state index contributed by atoms with van der Waals surface area (Å²) >= 11 is 3.42. The fraction of sp³-hybridized carbons (Fsp3) is 0.583. The van der Waals surface area contributed by atoms with Gasteiger partial charge in [-0.15, -0.1) is 0 Å². The fourth-order valence-corrected chi connectivity index (χ4v) is 2.78. The highest BCUT2D eigenvalue weighted by Crippen LogP contribution is 2.47. The lowest BCUT2D eigenvalue weighted by Gasteiger charge is -2.41. The van der Waals surface area contributed by atoms with Crippen LogP contribution in [0.5, 0.6) is 5.88 Å². The van der Waals surface area contributed by atoms with Crippen molar-refractivity contribution in [2.75, 3.05) is 13.2 Å². The van der Waals surface area contributed by atoms with Gasteiger partial charge >= 0.3 is 0 Å². The average Bonchev–Trinajstić information content (AvgIpc) is 2.67. The minimum absolute atomic E-state index is 0.335. The molecule has 0 N–H and O–H groups in total. The van der Waals surface area contributed by atoms with E-state index < -0.39 is 5.79 Å². The predicted molar refractivity (Wildman–Crippen MR) is 64.8 cm³/mol. The maximum absolute atomic E-state index is 5.87. The van der Waals surface area contributed by atoms with Crippen molar-refractivity contribution in [3.05, 3.63) is 22.3 Å². The molecule has 1 saturated heterocycles. The molecule has 2 aliphatic rings. The molecule has 3 heterocycles. The Morgan fingerprint density at radius 3 is 2.71 bits per heavy atom. The summed E-state index contributed by atoms with van der Waals surface area (Å²) in [6.07, 6.45) is 2.40. The Balaban J connectivity index is 2.14. The second kappa shape index (κ2) is 3.67. The Labute approximate surface area is 108 Å². The maximum atomic E-state index is 5.87. The van der Waals surface area contributed by atoms with E-state index in [4.69, 9.17) is 14.2 Å². The third kappa shape index (κ3) is 1.86. The number of hydrogen-bond donors (Lipinski definition) is 0. The highest BCUT2D eigenvalue weighted by molar-refractivity contribution is 9.10. The van der Waals surface area contributed by atoms with E-state index in [2.05, 4.69) is 20.9 Å². The molecule has 0 aliphatic carbocycles. The zero-order valence-electron chi connectivity index (χ0n) is 9.83. The molecule has 0 amide bonds. The van der Waals surface area contributed by atoms with Gasteiger partial charge in [-0.05, 0) is 35.8 Å². The van der Waals surface area contributed by atoms with Crippen LogP contribution < -0.4 is 4.74 Å². The third-order valence-electron chi connectivity index (χ3n) is 3.01. The Morgan fingerprint density at radius 2 is 2.00 bits per heavy atom. The topological polar surface area (TPSA) is 40.6 Å². The van der Waals surface area contributed by atoms with Crippen LogP contribution >= 0.6 is 15.9 Å². The lowest BCUT2D eigenvalue weighted by atomic mass is 9.90. The number of fused-ring (bicyclic) bond motifs is 2. The van der Waals surface area contributed by atoms with Crippen molar-refractivity contribution < 1.29 is 14.2 Å². The first-order valence-electron chi connectivity index (χ1n) is 5.64. The van der Waals surface area contributed by atoms with E-state index in [1.165, 1.54) is 0 Å². The van der Waals surface area contributed by atoms with Crippen LogP contribution in [0, 0.1) is 0 Å². The molecule has 1 spiro atoms. The van der Waals surface area contributed by atoms with Crippen molar-refractivity contribution in [3.63, 3.8) is 0 Å². The molecule has 4 nitrogen and oxygen atoms in total. The molecule has 1 fully saturated rings. The lowest BCUT2D eigenvalue weighted by Crippen LogP contribution is -2.45. The van der Waals surface area contributed by atoms with Gasteiger partial charge in [0, 0.05) is 17.1 Å².